The Morgan fingerprint density at radius 3 is 2.81 bits per heavy atom. The number of nitrogens with zero attached hydrogens (tertiary/aromatic N) is 5. The normalized spacial score (nSPS) is 10.6. The standard InChI is InChI=1S/C13H12BrN7/c1-8-2-3-10(9(14)6-8)17-12-18-11(15)19-13(20-12)21-5-4-16-7-21/h2-7H,1H3,(H3,15,17,18,19,20). The van der Waals surface area contributed by atoms with Crippen molar-refractivity contribution in [3.8, 4) is 5.95 Å². The first-order chi connectivity index (χ1) is 10.1. The summed E-state index contributed by atoms with van der Waals surface area (Å²) in [4.78, 5) is 16.5. The number of nitrogens with one attached hydrogen (secondary N) is 1. The van der Waals surface area contributed by atoms with Crippen LogP contribution in [0.25, 0.3) is 5.95 Å². The SMILES string of the molecule is Cc1ccc(Nc2nc(N)nc(-n3ccnc3)n2)c(Br)c1. The van der Waals surface area contributed by atoms with Crippen molar-refractivity contribution in [2.45, 2.75) is 6.92 Å². The lowest BCUT2D eigenvalue weighted by Gasteiger charge is -2.09. The van der Waals surface area contributed by atoms with Crippen LogP contribution in [0.2, 0.25) is 0 Å². The Balaban J connectivity index is 1.95. The minimum Gasteiger partial charge on any atom is -0.368 e. The van der Waals surface area contributed by atoms with E-state index in [2.05, 4.69) is 41.2 Å². The Kier molecular flexibility index (Phi) is 3.53. The molecule has 21 heavy (non-hydrogen) atoms. The Morgan fingerprint density at radius 2 is 2.10 bits per heavy atom. The number of rotatable bonds is 3. The molecule has 0 spiro atoms. The second-order valence-corrected chi connectivity index (χ2v) is 5.25. The zero-order valence-electron chi connectivity index (χ0n) is 11.2. The van der Waals surface area contributed by atoms with Crippen molar-refractivity contribution in [1.82, 2.24) is 24.5 Å². The van der Waals surface area contributed by atoms with Crippen LogP contribution in [-0.4, -0.2) is 24.5 Å². The summed E-state index contributed by atoms with van der Waals surface area (Å²) in [7, 11) is 0. The maximum Gasteiger partial charge on any atom is 0.241 e. The van der Waals surface area contributed by atoms with Gasteiger partial charge in [-0.2, -0.15) is 15.0 Å². The molecule has 0 aliphatic heterocycles. The van der Waals surface area contributed by atoms with Gasteiger partial charge in [0.15, 0.2) is 0 Å². The van der Waals surface area contributed by atoms with Crippen LogP contribution < -0.4 is 11.1 Å². The molecule has 2 heterocycles. The van der Waals surface area contributed by atoms with E-state index in [9.17, 15) is 0 Å². The lowest BCUT2D eigenvalue weighted by atomic mass is 10.2. The van der Waals surface area contributed by atoms with Crippen LogP contribution in [0.15, 0.2) is 41.4 Å². The molecule has 0 amide bonds. The number of nitrogens with two attached hydrogens (primary N) is 1. The lowest BCUT2D eigenvalue weighted by molar-refractivity contribution is 0.906. The third-order valence-electron chi connectivity index (χ3n) is 2.75. The smallest absolute Gasteiger partial charge is 0.241 e. The lowest BCUT2D eigenvalue weighted by Crippen LogP contribution is -2.08. The van der Waals surface area contributed by atoms with Crippen LogP contribution in [0.3, 0.4) is 0 Å². The Hall–Kier alpha value is -2.48. The fourth-order valence-electron chi connectivity index (χ4n) is 1.77. The van der Waals surface area contributed by atoms with Gasteiger partial charge in [-0.25, -0.2) is 4.98 Å². The minimum atomic E-state index is 0.138. The van der Waals surface area contributed by atoms with Crippen LogP contribution in [0.5, 0.6) is 0 Å². The summed E-state index contributed by atoms with van der Waals surface area (Å²) in [6.07, 6.45) is 4.98. The highest BCUT2D eigenvalue weighted by molar-refractivity contribution is 9.10. The molecule has 3 aromatic rings. The van der Waals surface area contributed by atoms with E-state index < -0.39 is 0 Å². The van der Waals surface area contributed by atoms with Gasteiger partial charge in [0.1, 0.15) is 6.33 Å². The van der Waals surface area contributed by atoms with Crippen molar-refractivity contribution in [3.63, 3.8) is 0 Å². The first kappa shape index (κ1) is 13.5. The predicted molar refractivity (Wildman–Crippen MR) is 83.5 cm³/mol. The summed E-state index contributed by atoms with van der Waals surface area (Å²) in [6, 6.07) is 5.94. The maximum absolute atomic E-state index is 5.73. The molecule has 8 heteroatoms. The van der Waals surface area contributed by atoms with Crippen LogP contribution in [0.4, 0.5) is 17.6 Å². The van der Waals surface area contributed by atoms with Crippen LogP contribution in [0.1, 0.15) is 5.56 Å². The van der Waals surface area contributed by atoms with Crippen LogP contribution in [0, 0.1) is 6.92 Å². The first-order valence-corrected chi connectivity index (χ1v) is 6.94. The number of anilines is 3. The van der Waals surface area contributed by atoms with Crippen molar-refractivity contribution in [2.75, 3.05) is 11.1 Å². The number of imidazole rings is 1. The van der Waals surface area contributed by atoms with Gasteiger partial charge in [0, 0.05) is 16.9 Å². The van der Waals surface area contributed by atoms with Gasteiger partial charge in [-0.05, 0) is 40.5 Å². The monoisotopic (exact) mass is 345 g/mol. The average Bonchev–Trinajstić information content (AvgIpc) is 2.95. The van der Waals surface area contributed by atoms with Gasteiger partial charge >= 0.3 is 0 Å². The van der Waals surface area contributed by atoms with Gasteiger partial charge in [-0.15, -0.1) is 0 Å². The Morgan fingerprint density at radius 1 is 1.24 bits per heavy atom. The average molecular weight is 346 g/mol. The van der Waals surface area contributed by atoms with E-state index in [1.165, 1.54) is 0 Å². The molecular weight excluding hydrogens is 334 g/mol. The summed E-state index contributed by atoms with van der Waals surface area (Å²) in [5.74, 6) is 0.918. The van der Waals surface area contributed by atoms with Gasteiger partial charge in [0.2, 0.25) is 17.8 Å². The van der Waals surface area contributed by atoms with E-state index in [1.807, 2.05) is 25.1 Å². The topological polar surface area (TPSA) is 94.5 Å². The molecule has 0 atom stereocenters. The molecule has 3 rings (SSSR count). The highest BCUT2D eigenvalue weighted by atomic mass is 79.9. The molecule has 0 fully saturated rings. The van der Waals surface area contributed by atoms with Crippen LogP contribution >= 0.6 is 15.9 Å². The fraction of sp³-hybridized carbons (Fsp3) is 0.0769. The number of benzene rings is 1. The van der Waals surface area contributed by atoms with Crippen LogP contribution in [-0.2, 0) is 0 Å². The number of aromatic nitrogens is 5. The summed E-state index contributed by atoms with van der Waals surface area (Å²) < 4.78 is 2.58. The molecular formula is C13H12BrN7. The molecule has 0 bridgehead atoms. The second-order valence-electron chi connectivity index (χ2n) is 4.40. The molecule has 0 radical (unpaired) electrons. The summed E-state index contributed by atoms with van der Waals surface area (Å²) in [5.41, 5.74) is 7.74. The van der Waals surface area contributed by atoms with E-state index in [0.717, 1.165) is 15.7 Å². The van der Waals surface area contributed by atoms with Crippen molar-refractivity contribution < 1.29 is 0 Å². The van der Waals surface area contributed by atoms with E-state index in [4.69, 9.17) is 5.73 Å². The van der Waals surface area contributed by atoms with Gasteiger partial charge in [0.25, 0.3) is 0 Å². The van der Waals surface area contributed by atoms with Gasteiger partial charge < -0.3 is 11.1 Å². The first-order valence-electron chi connectivity index (χ1n) is 6.15. The second kappa shape index (κ2) is 5.49. The molecule has 0 aliphatic carbocycles. The maximum atomic E-state index is 5.73. The zero-order chi connectivity index (χ0) is 14.8. The van der Waals surface area contributed by atoms with Gasteiger partial charge in [-0.1, -0.05) is 6.07 Å². The Bertz CT molecular complexity index is 770. The number of hydrogen-bond donors (Lipinski definition) is 2. The van der Waals surface area contributed by atoms with E-state index in [-0.39, 0.29) is 5.95 Å². The van der Waals surface area contributed by atoms with E-state index >= 15 is 0 Å². The third kappa shape index (κ3) is 3.00. The largest absolute Gasteiger partial charge is 0.368 e. The van der Waals surface area contributed by atoms with Crippen molar-refractivity contribution >= 4 is 33.5 Å². The number of nitrogen functional groups attached to an aromatic ring is 1. The zero-order valence-corrected chi connectivity index (χ0v) is 12.7. The van der Waals surface area contributed by atoms with Crippen molar-refractivity contribution in [2.24, 2.45) is 0 Å². The fourth-order valence-corrected chi connectivity index (χ4v) is 2.36. The summed E-state index contributed by atoms with van der Waals surface area (Å²) >= 11 is 3.50. The van der Waals surface area contributed by atoms with Gasteiger partial charge in [0.05, 0.1) is 5.69 Å². The van der Waals surface area contributed by atoms with Crippen molar-refractivity contribution in [1.29, 1.82) is 0 Å². The third-order valence-corrected chi connectivity index (χ3v) is 3.40. The highest BCUT2D eigenvalue weighted by Crippen LogP contribution is 2.25. The predicted octanol–water partition coefficient (Wildman–Crippen LogP) is 2.45. The molecule has 1 aromatic carbocycles. The molecule has 0 aliphatic rings. The van der Waals surface area contributed by atoms with E-state index in [0.29, 0.717) is 11.9 Å². The van der Waals surface area contributed by atoms with Gasteiger partial charge in [-0.3, -0.25) is 4.57 Å². The number of aryl methyl sites for hydroxylation is 1. The minimum absolute atomic E-state index is 0.138. The summed E-state index contributed by atoms with van der Waals surface area (Å²) in [6.45, 7) is 2.02. The quantitative estimate of drug-likeness (QED) is 0.757. The highest BCUT2D eigenvalue weighted by Gasteiger charge is 2.08. The summed E-state index contributed by atoms with van der Waals surface area (Å²) in [5, 5.41) is 3.12. The number of hydrogen-bond acceptors (Lipinski definition) is 6. The molecule has 0 saturated carbocycles. The Labute approximate surface area is 129 Å². The molecule has 0 unspecified atom stereocenters. The molecule has 0 saturated heterocycles. The van der Waals surface area contributed by atoms with Crippen molar-refractivity contribution in [3.05, 3.63) is 47.0 Å². The molecule has 2 aromatic heterocycles. The number of halogens is 1. The molecule has 7 nitrogen and oxygen atoms in total. The molecule has 3 N–H and O–H groups in total. The molecule has 106 valence electrons. The van der Waals surface area contributed by atoms with E-state index in [1.54, 1.807) is 23.3 Å².